The number of hydrogen-bond acceptors (Lipinski definition) is 8. The van der Waals surface area contributed by atoms with E-state index in [1.165, 1.54) is 20.3 Å². The zero-order valence-electron chi connectivity index (χ0n) is 15.8. The molecule has 0 saturated heterocycles. The number of nitrogens with zero attached hydrogens (tertiary/aromatic N) is 1. The summed E-state index contributed by atoms with van der Waals surface area (Å²) in [6, 6.07) is 3.21. The summed E-state index contributed by atoms with van der Waals surface area (Å²) in [6.45, 7) is 1.09. The molecule has 0 aliphatic carbocycles. The van der Waals surface area contributed by atoms with E-state index in [2.05, 4.69) is 0 Å². The van der Waals surface area contributed by atoms with Crippen LogP contribution in [-0.2, 0) is 19.9 Å². The molecule has 154 valence electrons. The molecular formula is C16H25NO9S. The first-order chi connectivity index (χ1) is 12.3. The minimum Gasteiger partial charge on any atom is -0.726 e. The van der Waals surface area contributed by atoms with E-state index < -0.39 is 16.4 Å². The Morgan fingerprint density at radius 2 is 1.63 bits per heavy atom. The second kappa shape index (κ2) is 10.7. The SMILES string of the molecule is COc1cc(/C=C/C(=O)OCC[N+](C)(C)C)cc(OC)c1O.O=S(=O)([O-])O. The lowest BCUT2D eigenvalue weighted by Crippen LogP contribution is -2.37. The lowest BCUT2D eigenvalue weighted by Gasteiger charge is -2.23. The van der Waals surface area contributed by atoms with Gasteiger partial charge in [-0.3, -0.25) is 4.55 Å². The van der Waals surface area contributed by atoms with Crippen LogP contribution in [0.2, 0.25) is 0 Å². The highest BCUT2D eigenvalue weighted by Crippen LogP contribution is 2.37. The number of phenols is 1. The molecule has 27 heavy (non-hydrogen) atoms. The number of ether oxygens (including phenoxy) is 3. The number of rotatable bonds is 7. The quantitative estimate of drug-likeness (QED) is 0.219. The first-order valence-corrected chi connectivity index (χ1v) is 8.92. The van der Waals surface area contributed by atoms with Gasteiger partial charge in [0.25, 0.3) is 0 Å². The largest absolute Gasteiger partial charge is 0.726 e. The number of phenolic OH excluding ortho intramolecular Hbond substituents is 1. The number of carbonyl (C=O) groups is 1. The summed E-state index contributed by atoms with van der Waals surface area (Å²) >= 11 is 0. The van der Waals surface area contributed by atoms with Crippen LogP contribution in [0.3, 0.4) is 0 Å². The van der Waals surface area contributed by atoms with Crippen LogP contribution >= 0.6 is 0 Å². The Morgan fingerprint density at radius 1 is 1.19 bits per heavy atom. The molecule has 0 fully saturated rings. The van der Waals surface area contributed by atoms with Gasteiger partial charge in [0, 0.05) is 6.08 Å². The summed E-state index contributed by atoms with van der Waals surface area (Å²) in [6.07, 6.45) is 2.92. The topological polar surface area (TPSA) is 142 Å². The average molecular weight is 407 g/mol. The van der Waals surface area contributed by atoms with Crippen molar-refractivity contribution in [1.82, 2.24) is 0 Å². The lowest BCUT2D eigenvalue weighted by molar-refractivity contribution is -0.870. The Labute approximate surface area is 158 Å². The standard InChI is InChI=1S/C16H23NO5.H2O4S/c1-17(2,3)8-9-22-15(18)7-6-12-10-13(20-4)16(19)14(11-12)21-5;1-5(2,3)4/h6-7,10-11H,8-9H2,1-5H3;(H2,1,2,3,4). The number of quaternary nitrogens is 1. The molecule has 0 bridgehead atoms. The second-order valence-electron chi connectivity index (χ2n) is 6.22. The van der Waals surface area contributed by atoms with E-state index >= 15 is 0 Å². The highest BCUT2D eigenvalue weighted by molar-refractivity contribution is 7.79. The van der Waals surface area contributed by atoms with Crippen molar-refractivity contribution >= 4 is 22.4 Å². The van der Waals surface area contributed by atoms with E-state index in [0.29, 0.717) is 12.2 Å². The number of carbonyl (C=O) groups excluding carboxylic acids is 1. The Bertz CT molecular complexity index is 719. The molecular weight excluding hydrogens is 382 g/mol. The minimum absolute atomic E-state index is 0.0762. The molecule has 10 nitrogen and oxygen atoms in total. The van der Waals surface area contributed by atoms with Gasteiger partial charge >= 0.3 is 5.97 Å². The molecule has 0 spiro atoms. The van der Waals surface area contributed by atoms with Crippen molar-refractivity contribution in [2.75, 3.05) is 48.5 Å². The van der Waals surface area contributed by atoms with Crippen LogP contribution in [0.4, 0.5) is 0 Å². The van der Waals surface area contributed by atoms with E-state index in [1.54, 1.807) is 18.2 Å². The van der Waals surface area contributed by atoms with E-state index in [-0.39, 0.29) is 17.2 Å². The van der Waals surface area contributed by atoms with Crippen LogP contribution in [0, 0.1) is 0 Å². The van der Waals surface area contributed by atoms with Gasteiger partial charge in [0.05, 0.1) is 35.4 Å². The number of methoxy groups -OCH3 is 2. The van der Waals surface area contributed by atoms with Gasteiger partial charge < -0.3 is 28.4 Å². The molecule has 0 saturated carbocycles. The van der Waals surface area contributed by atoms with Crippen molar-refractivity contribution in [3.8, 4) is 17.2 Å². The molecule has 2 N–H and O–H groups in total. The van der Waals surface area contributed by atoms with Gasteiger partial charge in [-0.1, -0.05) is 0 Å². The molecule has 0 heterocycles. The van der Waals surface area contributed by atoms with Gasteiger partial charge in [0.1, 0.15) is 13.2 Å². The van der Waals surface area contributed by atoms with Crippen LogP contribution in [0.1, 0.15) is 5.56 Å². The van der Waals surface area contributed by atoms with Gasteiger partial charge in [-0.25, -0.2) is 13.2 Å². The number of aromatic hydroxyl groups is 1. The molecule has 0 atom stereocenters. The van der Waals surface area contributed by atoms with Crippen LogP contribution < -0.4 is 9.47 Å². The normalized spacial score (nSPS) is 11.5. The zero-order valence-corrected chi connectivity index (χ0v) is 16.6. The van der Waals surface area contributed by atoms with Crippen molar-refractivity contribution in [2.45, 2.75) is 0 Å². The Hall–Kier alpha value is -2.34. The number of hydrogen-bond donors (Lipinski definition) is 2. The Balaban J connectivity index is 0.00000119. The molecule has 1 aromatic carbocycles. The molecule has 11 heteroatoms. The van der Waals surface area contributed by atoms with Crippen LogP contribution in [0.25, 0.3) is 6.08 Å². The second-order valence-corrected chi connectivity index (χ2v) is 7.07. The van der Waals surface area contributed by atoms with Gasteiger partial charge in [-0.2, -0.15) is 0 Å². The van der Waals surface area contributed by atoms with Gasteiger partial charge in [0.15, 0.2) is 11.5 Å². The highest BCUT2D eigenvalue weighted by Gasteiger charge is 2.11. The Morgan fingerprint density at radius 3 is 2.00 bits per heavy atom. The molecule has 0 radical (unpaired) electrons. The maximum Gasteiger partial charge on any atom is 0.330 e. The van der Waals surface area contributed by atoms with Crippen molar-refractivity contribution in [2.24, 2.45) is 0 Å². The smallest absolute Gasteiger partial charge is 0.330 e. The summed E-state index contributed by atoms with van der Waals surface area (Å²) in [4.78, 5) is 11.7. The van der Waals surface area contributed by atoms with Crippen LogP contribution in [-0.4, -0.2) is 81.6 Å². The van der Waals surface area contributed by atoms with E-state index in [4.69, 9.17) is 31.7 Å². The number of esters is 1. The maximum atomic E-state index is 11.7. The molecule has 0 aliphatic heterocycles. The maximum absolute atomic E-state index is 11.7. The molecule has 0 aromatic heterocycles. The summed E-state index contributed by atoms with van der Waals surface area (Å²) < 4.78 is 48.8. The minimum atomic E-state index is -4.92. The zero-order chi connectivity index (χ0) is 21.3. The molecule has 0 aliphatic rings. The van der Waals surface area contributed by atoms with Gasteiger partial charge in [0.2, 0.25) is 16.1 Å². The highest BCUT2D eigenvalue weighted by atomic mass is 32.3. The summed E-state index contributed by atoms with van der Waals surface area (Å²) in [5, 5.41) is 9.82. The third-order valence-corrected chi connectivity index (χ3v) is 2.92. The fourth-order valence-corrected chi connectivity index (χ4v) is 1.64. The predicted molar refractivity (Wildman–Crippen MR) is 96.4 cm³/mol. The fourth-order valence-electron chi connectivity index (χ4n) is 1.64. The van der Waals surface area contributed by atoms with E-state index in [1.807, 2.05) is 21.1 Å². The molecule has 0 unspecified atom stereocenters. The predicted octanol–water partition coefficient (Wildman–Crippen LogP) is 0.677. The monoisotopic (exact) mass is 407 g/mol. The number of benzene rings is 1. The molecule has 1 rings (SSSR count). The van der Waals surface area contributed by atoms with E-state index in [9.17, 15) is 9.90 Å². The average Bonchev–Trinajstić information content (AvgIpc) is 2.51. The van der Waals surface area contributed by atoms with Crippen LogP contribution in [0.5, 0.6) is 17.2 Å². The van der Waals surface area contributed by atoms with Gasteiger partial charge in [-0.05, 0) is 23.8 Å². The summed E-state index contributed by atoms with van der Waals surface area (Å²) in [5.41, 5.74) is 0.662. The van der Waals surface area contributed by atoms with Crippen molar-refractivity contribution in [3.63, 3.8) is 0 Å². The number of likely N-dealkylation sites (N-methyl/N-ethyl adjacent to an activating group) is 1. The van der Waals surface area contributed by atoms with E-state index in [0.717, 1.165) is 11.0 Å². The fraction of sp³-hybridized carbons (Fsp3) is 0.438. The van der Waals surface area contributed by atoms with Gasteiger partial charge in [-0.15, -0.1) is 0 Å². The Kier molecular flexibility index (Phi) is 9.79. The van der Waals surface area contributed by atoms with Crippen LogP contribution in [0.15, 0.2) is 18.2 Å². The first kappa shape index (κ1) is 24.7. The first-order valence-electron chi connectivity index (χ1n) is 7.55. The molecule has 0 amide bonds. The van der Waals surface area contributed by atoms with Crippen molar-refractivity contribution in [1.29, 1.82) is 0 Å². The third-order valence-electron chi connectivity index (χ3n) is 2.92. The third kappa shape index (κ3) is 12.6. The molecule has 1 aromatic rings. The van der Waals surface area contributed by atoms with Crippen molar-refractivity contribution in [3.05, 3.63) is 23.8 Å². The summed E-state index contributed by atoms with van der Waals surface area (Å²) in [7, 11) is 4.05. The lowest BCUT2D eigenvalue weighted by atomic mass is 10.1. The summed E-state index contributed by atoms with van der Waals surface area (Å²) in [5.74, 6) is 0.0573. The van der Waals surface area contributed by atoms with Crippen molar-refractivity contribution < 1.29 is 46.1 Å².